The van der Waals surface area contributed by atoms with Gasteiger partial charge in [-0.25, -0.2) is 4.79 Å². The number of carboxylic acids is 1. The number of piperidine rings is 1. The summed E-state index contributed by atoms with van der Waals surface area (Å²) in [5, 5.41) is 12.4. The first-order chi connectivity index (χ1) is 10.5. The summed E-state index contributed by atoms with van der Waals surface area (Å²) in [6.45, 7) is 11.8. The minimum atomic E-state index is -0.950. The Morgan fingerprint density at radius 2 is 1.74 bits per heavy atom. The maximum atomic E-state index is 12.9. The van der Waals surface area contributed by atoms with Gasteiger partial charge in [-0.1, -0.05) is 41.5 Å². The molecule has 2 amide bonds. The second-order valence-electron chi connectivity index (χ2n) is 8.11. The van der Waals surface area contributed by atoms with Crippen molar-refractivity contribution in [1.82, 2.24) is 10.2 Å². The van der Waals surface area contributed by atoms with Gasteiger partial charge in [0, 0.05) is 18.4 Å². The van der Waals surface area contributed by atoms with E-state index in [-0.39, 0.29) is 40.9 Å². The van der Waals surface area contributed by atoms with E-state index < -0.39 is 18.1 Å². The number of rotatable bonds is 5. The number of hydrogen-bond donors (Lipinski definition) is 2. The zero-order valence-corrected chi connectivity index (χ0v) is 14.8. The van der Waals surface area contributed by atoms with Gasteiger partial charge in [0.2, 0.25) is 11.8 Å². The Hall–Kier alpha value is -1.59. The smallest absolute Gasteiger partial charge is 0.326 e. The predicted molar refractivity (Wildman–Crippen MR) is 85.5 cm³/mol. The van der Waals surface area contributed by atoms with Gasteiger partial charge in [0.1, 0.15) is 12.1 Å². The van der Waals surface area contributed by atoms with Crippen LogP contribution in [0.25, 0.3) is 0 Å². The van der Waals surface area contributed by atoms with Crippen LogP contribution in [0, 0.1) is 29.1 Å². The van der Waals surface area contributed by atoms with Crippen LogP contribution in [0.3, 0.4) is 0 Å². The largest absolute Gasteiger partial charge is 0.480 e. The number of hydrogen-bond acceptors (Lipinski definition) is 3. The van der Waals surface area contributed by atoms with Crippen molar-refractivity contribution in [3.8, 4) is 0 Å². The van der Waals surface area contributed by atoms with E-state index in [1.54, 1.807) is 13.8 Å². The molecule has 6 heteroatoms. The molecule has 0 spiro atoms. The van der Waals surface area contributed by atoms with Gasteiger partial charge < -0.3 is 15.3 Å². The minimum Gasteiger partial charge on any atom is -0.480 e. The maximum Gasteiger partial charge on any atom is 0.326 e. The Morgan fingerprint density at radius 3 is 2.17 bits per heavy atom. The zero-order chi connectivity index (χ0) is 17.7. The molecule has 0 bridgehead atoms. The fourth-order valence-electron chi connectivity index (χ4n) is 3.81. The van der Waals surface area contributed by atoms with Crippen molar-refractivity contribution < 1.29 is 19.5 Å². The van der Waals surface area contributed by atoms with Crippen LogP contribution >= 0.6 is 0 Å². The molecule has 1 aliphatic carbocycles. The van der Waals surface area contributed by atoms with E-state index in [1.807, 2.05) is 13.8 Å². The number of nitrogens with one attached hydrogen (secondary N) is 1. The summed E-state index contributed by atoms with van der Waals surface area (Å²) >= 11 is 0. The quantitative estimate of drug-likeness (QED) is 0.799. The molecule has 0 aromatic rings. The number of carbonyl (C=O) groups is 3. The van der Waals surface area contributed by atoms with E-state index in [0.717, 1.165) is 0 Å². The van der Waals surface area contributed by atoms with Gasteiger partial charge in [-0.3, -0.25) is 9.59 Å². The van der Waals surface area contributed by atoms with Crippen molar-refractivity contribution in [2.75, 3.05) is 6.54 Å². The monoisotopic (exact) mass is 324 g/mol. The maximum absolute atomic E-state index is 12.9. The molecule has 1 saturated heterocycles. The second kappa shape index (κ2) is 5.80. The molecule has 130 valence electrons. The number of aliphatic carboxylic acids is 1. The Labute approximate surface area is 137 Å². The van der Waals surface area contributed by atoms with E-state index in [2.05, 4.69) is 19.2 Å². The molecule has 2 rings (SSSR count). The van der Waals surface area contributed by atoms with Crippen molar-refractivity contribution in [2.45, 2.75) is 53.6 Å². The summed E-state index contributed by atoms with van der Waals surface area (Å²) in [5.74, 6) is -1.47. The van der Waals surface area contributed by atoms with Crippen LogP contribution in [0.15, 0.2) is 0 Å². The van der Waals surface area contributed by atoms with Crippen molar-refractivity contribution in [2.24, 2.45) is 29.1 Å². The fraction of sp³-hybridized carbons (Fsp3) is 0.824. The number of nitrogens with zero attached hydrogens (tertiary/aromatic N) is 1. The molecule has 23 heavy (non-hydrogen) atoms. The third-order valence-electron chi connectivity index (χ3n) is 5.50. The molecule has 1 saturated carbocycles. The lowest BCUT2D eigenvalue weighted by Crippen LogP contribution is -2.56. The summed E-state index contributed by atoms with van der Waals surface area (Å²) in [5.41, 5.74) is -0.0195. The topological polar surface area (TPSA) is 86.7 Å². The van der Waals surface area contributed by atoms with Crippen molar-refractivity contribution >= 4 is 17.8 Å². The summed E-state index contributed by atoms with van der Waals surface area (Å²) in [4.78, 5) is 38.0. The van der Waals surface area contributed by atoms with E-state index in [4.69, 9.17) is 0 Å². The Morgan fingerprint density at radius 1 is 1.17 bits per heavy atom. The molecular formula is C17H28N2O4. The lowest BCUT2D eigenvalue weighted by molar-refractivity contribution is -0.152. The van der Waals surface area contributed by atoms with Crippen LogP contribution in [0.1, 0.15) is 41.5 Å². The molecule has 2 fully saturated rings. The van der Waals surface area contributed by atoms with Crippen LogP contribution in [0.2, 0.25) is 0 Å². The van der Waals surface area contributed by atoms with E-state index in [0.29, 0.717) is 6.54 Å². The molecular weight excluding hydrogens is 296 g/mol. The number of amides is 2. The second-order valence-corrected chi connectivity index (χ2v) is 8.11. The number of likely N-dealkylation sites (tertiary alicyclic amines) is 1. The molecule has 0 radical (unpaired) electrons. The van der Waals surface area contributed by atoms with E-state index >= 15 is 0 Å². The summed E-state index contributed by atoms with van der Waals surface area (Å²) in [6.07, 6.45) is 0. The highest BCUT2D eigenvalue weighted by atomic mass is 16.4. The average molecular weight is 324 g/mol. The molecule has 0 unspecified atom stereocenters. The van der Waals surface area contributed by atoms with Crippen molar-refractivity contribution in [1.29, 1.82) is 0 Å². The fourth-order valence-corrected chi connectivity index (χ4v) is 3.81. The predicted octanol–water partition coefficient (Wildman–Crippen LogP) is 1.35. The first-order valence-electron chi connectivity index (χ1n) is 8.33. The summed E-state index contributed by atoms with van der Waals surface area (Å²) in [6, 6.07) is -1.45. The number of fused-ring (bicyclic) bond motifs is 1. The molecule has 0 aromatic heterocycles. The van der Waals surface area contributed by atoms with Gasteiger partial charge in [-0.15, -0.1) is 0 Å². The van der Waals surface area contributed by atoms with E-state index in [1.165, 1.54) is 4.90 Å². The Kier molecular flexibility index (Phi) is 4.48. The van der Waals surface area contributed by atoms with Gasteiger partial charge in [0.25, 0.3) is 0 Å². The zero-order valence-electron chi connectivity index (χ0n) is 14.8. The lowest BCUT2D eigenvalue weighted by Gasteiger charge is -2.33. The average Bonchev–Trinajstić information content (AvgIpc) is 2.82. The highest BCUT2D eigenvalue weighted by molar-refractivity contribution is 5.92. The third kappa shape index (κ3) is 2.95. The Balaban J connectivity index is 2.17. The summed E-state index contributed by atoms with van der Waals surface area (Å²) in [7, 11) is 0. The van der Waals surface area contributed by atoms with Gasteiger partial charge in [-0.05, 0) is 17.3 Å². The number of carbonyl (C=O) groups excluding carboxylic acids is 2. The van der Waals surface area contributed by atoms with Crippen molar-refractivity contribution in [3.05, 3.63) is 0 Å². The van der Waals surface area contributed by atoms with Gasteiger partial charge >= 0.3 is 5.97 Å². The minimum absolute atomic E-state index is 0.0116. The van der Waals surface area contributed by atoms with E-state index in [9.17, 15) is 19.5 Å². The number of carboxylic acid groups (broad SMARTS) is 1. The molecule has 2 N–H and O–H groups in total. The molecule has 2 aliphatic rings. The van der Waals surface area contributed by atoms with Gasteiger partial charge in [0.05, 0.1) is 0 Å². The van der Waals surface area contributed by atoms with Crippen LogP contribution in [0.5, 0.6) is 0 Å². The Bertz CT molecular complexity index is 527. The van der Waals surface area contributed by atoms with Crippen LogP contribution in [-0.2, 0) is 14.4 Å². The molecule has 6 nitrogen and oxygen atoms in total. The highest BCUT2D eigenvalue weighted by Gasteiger charge is 2.69. The van der Waals surface area contributed by atoms with Crippen LogP contribution < -0.4 is 5.32 Å². The SMILES string of the molecule is CC(C)C(=O)N[C@H](C(=O)N1C[C@H]2[C@@H]([C@H]1C(=O)O)C2(C)C)C(C)C. The first kappa shape index (κ1) is 17.8. The lowest BCUT2D eigenvalue weighted by atomic mass is 9.97. The first-order valence-corrected chi connectivity index (χ1v) is 8.33. The normalized spacial score (nSPS) is 29.4. The highest BCUT2D eigenvalue weighted by Crippen LogP contribution is 2.64. The molecule has 4 atom stereocenters. The van der Waals surface area contributed by atoms with Crippen LogP contribution in [0.4, 0.5) is 0 Å². The standard InChI is InChI=1S/C17H28N2O4/c1-8(2)12(18-14(20)9(3)4)15(21)19-7-10-11(17(10,5)6)13(19)16(22)23/h8-13H,7H2,1-6H3,(H,18,20)(H,22,23)/t10-,11-,12-,13-/m0/s1. The molecule has 1 heterocycles. The summed E-state index contributed by atoms with van der Waals surface area (Å²) < 4.78 is 0. The van der Waals surface area contributed by atoms with Gasteiger partial charge in [-0.2, -0.15) is 0 Å². The molecule has 1 aliphatic heterocycles. The van der Waals surface area contributed by atoms with Gasteiger partial charge in [0.15, 0.2) is 0 Å². The van der Waals surface area contributed by atoms with Crippen LogP contribution in [-0.4, -0.2) is 46.4 Å². The molecule has 0 aromatic carbocycles. The third-order valence-corrected chi connectivity index (χ3v) is 5.50. The van der Waals surface area contributed by atoms with Crippen molar-refractivity contribution in [3.63, 3.8) is 0 Å².